The highest BCUT2D eigenvalue weighted by atomic mass is 19.1. The van der Waals surface area contributed by atoms with E-state index in [-0.39, 0.29) is 11.7 Å². The van der Waals surface area contributed by atoms with E-state index in [0.717, 1.165) is 19.6 Å². The molecular formula is C25H31FN2O3. The van der Waals surface area contributed by atoms with E-state index >= 15 is 0 Å². The molecule has 31 heavy (non-hydrogen) atoms. The summed E-state index contributed by atoms with van der Waals surface area (Å²) < 4.78 is 25.0. The van der Waals surface area contributed by atoms with Gasteiger partial charge in [-0.2, -0.15) is 0 Å². The summed E-state index contributed by atoms with van der Waals surface area (Å²) in [6.07, 6.45) is 5.85. The Hall–Kier alpha value is -2.86. The van der Waals surface area contributed by atoms with Gasteiger partial charge in [0.15, 0.2) is 11.5 Å². The summed E-state index contributed by atoms with van der Waals surface area (Å²) in [7, 11) is 1.59. The number of nitrogens with zero attached hydrogens (tertiary/aromatic N) is 1. The van der Waals surface area contributed by atoms with Crippen LogP contribution in [0.15, 0.2) is 55.1 Å². The van der Waals surface area contributed by atoms with Crippen LogP contribution in [0.1, 0.15) is 37.2 Å². The van der Waals surface area contributed by atoms with Gasteiger partial charge in [-0.15, -0.1) is 6.58 Å². The van der Waals surface area contributed by atoms with E-state index in [1.54, 1.807) is 43.5 Å². The quantitative estimate of drug-likeness (QED) is 0.544. The number of carbonyl (C=O) groups excluding carboxylic acids is 1. The van der Waals surface area contributed by atoms with Gasteiger partial charge in [-0.3, -0.25) is 9.69 Å². The Morgan fingerprint density at radius 2 is 2.00 bits per heavy atom. The van der Waals surface area contributed by atoms with Crippen LogP contribution in [0, 0.1) is 5.82 Å². The Kier molecular flexibility index (Phi) is 8.47. The van der Waals surface area contributed by atoms with Crippen LogP contribution in [0.25, 0.3) is 0 Å². The van der Waals surface area contributed by atoms with E-state index in [0.29, 0.717) is 35.8 Å². The molecule has 1 heterocycles. The fourth-order valence-corrected chi connectivity index (χ4v) is 3.85. The molecule has 6 heteroatoms. The van der Waals surface area contributed by atoms with Crippen molar-refractivity contribution in [3.63, 3.8) is 0 Å². The van der Waals surface area contributed by atoms with Crippen molar-refractivity contribution in [3.05, 3.63) is 66.5 Å². The highest BCUT2D eigenvalue weighted by Gasteiger charge is 2.20. The van der Waals surface area contributed by atoms with Gasteiger partial charge in [0.05, 0.1) is 13.0 Å². The fourth-order valence-electron chi connectivity index (χ4n) is 3.85. The lowest BCUT2D eigenvalue weighted by Crippen LogP contribution is -2.33. The van der Waals surface area contributed by atoms with Crippen molar-refractivity contribution in [2.45, 2.75) is 31.6 Å². The van der Waals surface area contributed by atoms with Crippen molar-refractivity contribution in [3.8, 4) is 11.5 Å². The summed E-state index contributed by atoms with van der Waals surface area (Å²) in [5, 5.41) is 2.92. The lowest BCUT2D eigenvalue weighted by Gasteiger charge is -2.26. The highest BCUT2D eigenvalue weighted by molar-refractivity contribution is 5.96. The molecule has 0 radical (unpaired) electrons. The van der Waals surface area contributed by atoms with E-state index in [4.69, 9.17) is 9.47 Å². The van der Waals surface area contributed by atoms with Crippen LogP contribution in [-0.4, -0.2) is 44.2 Å². The number of methoxy groups -OCH3 is 1. The molecule has 0 saturated carbocycles. The van der Waals surface area contributed by atoms with Crippen LogP contribution in [0.4, 0.5) is 10.1 Å². The van der Waals surface area contributed by atoms with Crippen LogP contribution in [-0.2, 0) is 4.79 Å². The predicted octanol–water partition coefficient (Wildman–Crippen LogP) is 5.00. The summed E-state index contributed by atoms with van der Waals surface area (Å²) in [6, 6.07) is 11.4. The number of benzene rings is 2. The minimum Gasteiger partial charge on any atom is -0.493 e. The van der Waals surface area contributed by atoms with Gasteiger partial charge < -0.3 is 14.8 Å². The Bertz CT molecular complexity index is 881. The molecule has 2 aromatic carbocycles. The number of likely N-dealkylation sites (tertiary alicyclic amines) is 1. The first-order valence-corrected chi connectivity index (χ1v) is 10.8. The number of anilines is 1. The molecule has 1 unspecified atom stereocenters. The topological polar surface area (TPSA) is 50.8 Å². The SMILES string of the molecule is C=CCC(C(=O)Nc1ccc(OC)c(OCCN2CCCCC2)c1)c1cccc(F)c1. The molecule has 0 spiro atoms. The average molecular weight is 427 g/mol. The Morgan fingerprint density at radius 1 is 1.19 bits per heavy atom. The summed E-state index contributed by atoms with van der Waals surface area (Å²) in [4.78, 5) is 15.3. The molecule has 0 bridgehead atoms. The summed E-state index contributed by atoms with van der Waals surface area (Å²) >= 11 is 0. The van der Waals surface area contributed by atoms with Crippen LogP contribution in [0.3, 0.4) is 0 Å². The molecular weight excluding hydrogens is 395 g/mol. The van der Waals surface area contributed by atoms with Crippen molar-refractivity contribution >= 4 is 11.6 Å². The van der Waals surface area contributed by atoms with Crippen LogP contribution in [0.2, 0.25) is 0 Å². The molecule has 1 aliphatic heterocycles. The number of nitrogens with one attached hydrogen (secondary N) is 1. The first kappa shape index (κ1) is 22.8. The molecule has 3 rings (SSSR count). The minimum absolute atomic E-state index is 0.227. The second kappa shape index (κ2) is 11.5. The number of ether oxygens (including phenoxy) is 2. The van der Waals surface area contributed by atoms with Gasteiger partial charge in [-0.1, -0.05) is 24.6 Å². The Morgan fingerprint density at radius 3 is 2.71 bits per heavy atom. The van der Waals surface area contributed by atoms with Crippen LogP contribution >= 0.6 is 0 Å². The summed E-state index contributed by atoms with van der Waals surface area (Å²) in [5.41, 5.74) is 1.22. The van der Waals surface area contributed by atoms with Gasteiger partial charge in [0.2, 0.25) is 5.91 Å². The third-order valence-electron chi connectivity index (χ3n) is 5.51. The number of amides is 1. The van der Waals surface area contributed by atoms with E-state index < -0.39 is 5.92 Å². The smallest absolute Gasteiger partial charge is 0.232 e. The van der Waals surface area contributed by atoms with E-state index in [9.17, 15) is 9.18 Å². The number of carbonyl (C=O) groups is 1. The molecule has 5 nitrogen and oxygen atoms in total. The van der Waals surface area contributed by atoms with Crippen molar-refractivity contribution in [1.82, 2.24) is 4.90 Å². The number of allylic oxidation sites excluding steroid dienone is 1. The zero-order valence-corrected chi connectivity index (χ0v) is 18.1. The van der Waals surface area contributed by atoms with Crippen molar-refractivity contribution in [1.29, 1.82) is 0 Å². The molecule has 1 saturated heterocycles. The summed E-state index contributed by atoms with van der Waals surface area (Å²) in [5.74, 6) is 0.0784. The number of hydrogen-bond donors (Lipinski definition) is 1. The average Bonchev–Trinajstić information content (AvgIpc) is 2.78. The zero-order chi connectivity index (χ0) is 22.1. The van der Waals surface area contributed by atoms with Gasteiger partial charge >= 0.3 is 0 Å². The maximum atomic E-state index is 13.7. The third kappa shape index (κ3) is 6.56. The van der Waals surface area contributed by atoms with Gasteiger partial charge in [0.1, 0.15) is 12.4 Å². The molecule has 2 aromatic rings. The monoisotopic (exact) mass is 426 g/mol. The minimum atomic E-state index is -0.529. The lowest BCUT2D eigenvalue weighted by molar-refractivity contribution is -0.117. The number of rotatable bonds is 10. The molecule has 0 aliphatic carbocycles. The normalized spacial score (nSPS) is 15.2. The second-order valence-electron chi connectivity index (χ2n) is 7.74. The largest absolute Gasteiger partial charge is 0.493 e. The van der Waals surface area contributed by atoms with Crippen molar-refractivity contribution in [2.75, 3.05) is 38.7 Å². The van der Waals surface area contributed by atoms with E-state index in [1.807, 2.05) is 0 Å². The maximum absolute atomic E-state index is 13.7. The number of hydrogen-bond acceptors (Lipinski definition) is 4. The second-order valence-corrected chi connectivity index (χ2v) is 7.74. The Labute approximate surface area is 183 Å². The summed E-state index contributed by atoms with van der Waals surface area (Å²) in [6.45, 7) is 7.37. The molecule has 1 atom stereocenters. The van der Waals surface area contributed by atoms with Crippen molar-refractivity contribution < 1.29 is 18.7 Å². The molecule has 0 aromatic heterocycles. The van der Waals surface area contributed by atoms with Gasteiger partial charge in [-0.25, -0.2) is 4.39 Å². The van der Waals surface area contributed by atoms with Crippen LogP contribution < -0.4 is 14.8 Å². The lowest BCUT2D eigenvalue weighted by atomic mass is 9.94. The van der Waals surface area contributed by atoms with E-state index in [2.05, 4.69) is 16.8 Å². The zero-order valence-electron chi connectivity index (χ0n) is 18.1. The molecule has 166 valence electrons. The van der Waals surface area contributed by atoms with Crippen molar-refractivity contribution in [2.24, 2.45) is 0 Å². The molecule has 1 amide bonds. The van der Waals surface area contributed by atoms with Gasteiger partial charge in [-0.05, 0) is 62.2 Å². The van der Waals surface area contributed by atoms with Gasteiger partial charge in [0, 0.05) is 18.3 Å². The van der Waals surface area contributed by atoms with Crippen LogP contribution in [0.5, 0.6) is 11.5 Å². The first-order chi connectivity index (χ1) is 15.1. The predicted molar refractivity (Wildman–Crippen MR) is 121 cm³/mol. The fraction of sp³-hybridized carbons (Fsp3) is 0.400. The number of piperidine rings is 1. The third-order valence-corrected chi connectivity index (χ3v) is 5.51. The molecule has 1 N–H and O–H groups in total. The number of halogens is 1. The Balaban J connectivity index is 1.67. The standard InChI is InChI=1S/C25H31FN2O3/c1-3-8-22(19-9-7-10-20(26)17-19)25(29)27-21-11-12-23(30-2)24(18-21)31-16-15-28-13-5-4-6-14-28/h3,7,9-12,17-18,22H,1,4-6,8,13-16H2,2H3,(H,27,29). The van der Waals surface area contributed by atoms with Gasteiger partial charge in [0.25, 0.3) is 0 Å². The molecule has 1 aliphatic rings. The maximum Gasteiger partial charge on any atom is 0.232 e. The highest BCUT2D eigenvalue weighted by Crippen LogP contribution is 2.31. The van der Waals surface area contributed by atoms with E-state index in [1.165, 1.54) is 31.4 Å². The molecule has 1 fully saturated rings. The first-order valence-electron chi connectivity index (χ1n) is 10.8.